The van der Waals surface area contributed by atoms with Crippen LogP contribution in [0, 0.1) is 6.92 Å². The highest BCUT2D eigenvalue weighted by atomic mass is 32.2. The van der Waals surface area contributed by atoms with Crippen LogP contribution in [0.4, 0.5) is 0 Å². The number of imidazole rings is 1. The van der Waals surface area contributed by atoms with Crippen LogP contribution in [0.5, 0.6) is 0 Å². The summed E-state index contributed by atoms with van der Waals surface area (Å²) in [6.07, 6.45) is 0. The maximum Gasteiger partial charge on any atom is 0.267 e. The average Bonchev–Trinajstić information content (AvgIpc) is 2.44. The molecule has 0 fully saturated rings. The zero-order valence-electron chi connectivity index (χ0n) is 6.70. The van der Waals surface area contributed by atoms with Gasteiger partial charge in [-0.15, -0.1) is 0 Å². The lowest BCUT2D eigenvalue weighted by Crippen LogP contribution is -2.17. The number of thioether (sulfide) groups is 1. The molecule has 4 nitrogen and oxygen atoms in total. The largest absolute Gasteiger partial charge is 0.364 e. The number of primary amides is 1. The van der Waals surface area contributed by atoms with Crippen LogP contribution in [-0.2, 0) is 6.54 Å². The van der Waals surface area contributed by atoms with Gasteiger partial charge in [0.1, 0.15) is 5.69 Å². The molecule has 64 valence electrons. The third-order valence-electron chi connectivity index (χ3n) is 1.89. The van der Waals surface area contributed by atoms with Gasteiger partial charge in [-0.25, -0.2) is 4.98 Å². The summed E-state index contributed by atoms with van der Waals surface area (Å²) in [5.41, 5.74) is 6.53. The number of aromatic nitrogens is 2. The number of hydrogen-bond acceptors (Lipinski definition) is 3. The number of carbonyl (C=O) groups excluding carboxylic acids is 1. The third kappa shape index (κ3) is 0.929. The second kappa shape index (κ2) is 2.52. The molecule has 0 atom stereocenters. The monoisotopic (exact) mass is 183 g/mol. The molecule has 0 bridgehead atoms. The SMILES string of the molecule is Cc1nc2n(c1C(N)=O)CCS2. The Morgan fingerprint density at radius 2 is 2.50 bits per heavy atom. The van der Waals surface area contributed by atoms with E-state index < -0.39 is 0 Å². The van der Waals surface area contributed by atoms with Crippen molar-refractivity contribution in [2.75, 3.05) is 5.75 Å². The fraction of sp³-hybridized carbons (Fsp3) is 0.429. The van der Waals surface area contributed by atoms with Gasteiger partial charge in [0.15, 0.2) is 5.16 Å². The molecule has 1 aromatic heterocycles. The summed E-state index contributed by atoms with van der Waals surface area (Å²) in [6.45, 7) is 2.66. The highest BCUT2D eigenvalue weighted by molar-refractivity contribution is 7.99. The Kier molecular flexibility index (Phi) is 1.61. The first-order valence-electron chi connectivity index (χ1n) is 3.70. The van der Waals surface area contributed by atoms with Crippen molar-refractivity contribution in [2.24, 2.45) is 5.73 Å². The maximum absolute atomic E-state index is 11.0. The molecule has 0 spiro atoms. The Morgan fingerprint density at radius 3 is 3.17 bits per heavy atom. The highest BCUT2D eigenvalue weighted by Crippen LogP contribution is 2.27. The van der Waals surface area contributed by atoms with E-state index in [4.69, 9.17) is 5.73 Å². The van der Waals surface area contributed by atoms with Crippen LogP contribution < -0.4 is 5.73 Å². The minimum Gasteiger partial charge on any atom is -0.364 e. The van der Waals surface area contributed by atoms with Gasteiger partial charge in [0, 0.05) is 12.3 Å². The second-order valence-electron chi connectivity index (χ2n) is 2.69. The summed E-state index contributed by atoms with van der Waals surface area (Å²) in [4.78, 5) is 15.2. The molecule has 1 aliphatic heterocycles. The fourth-order valence-corrected chi connectivity index (χ4v) is 2.40. The Morgan fingerprint density at radius 1 is 1.75 bits per heavy atom. The van der Waals surface area contributed by atoms with Crippen molar-refractivity contribution in [1.29, 1.82) is 0 Å². The lowest BCUT2D eigenvalue weighted by Gasteiger charge is -1.99. The van der Waals surface area contributed by atoms with Gasteiger partial charge in [-0.2, -0.15) is 0 Å². The van der Waals surface area contributed by atoms with Crippen molar-refractivity contribution in [3.63, 3.8) is 0 Å². The van der Waals surface area contributed by atoms with Crippen LogP contribution >= 0.6 is 11.8 Å². The van der Waals surface area contributed by atoms with Crippen LogP contribution in [-0.4, -0.2) is 21.2 Å². The molecule has 0 unspecified atom stereocenters. The lowest BCUT2D eigenvalue weighted by atomic mass is 10.3. The molecular formula is C7H9N3OS. The number of carbonyl (C=O) groups is 1. The average molecular weight is 183 g/mol. The van der Waals surface area contributed by atoms with Crippen LogP contribution in [0.1, 0.15) is 16.2 Å². The van der Waals surface area contributed by atoms with Crippen LogP contribution in [0.15, 0.2) is 5.16 Å². The first-order chi connectivity index (χ1) is 5.70. The predicted octanol–water partition coefficient (Wildman–Crippen LogP) is 0.396. The molecule has 1 amide bonds. The number of hydrogen-bond donors (Lipinski definition) is 1. The van der Waals surface area contributed by atoms with Crippen molar-refractivity contribution in [1.82, 2.24) is 9.55 Å². The molecule has 0 aliphatic carbocycles. The van der Waals surface area contributed by atoms with Gasteiger partial charge in [0.05, 0.1) is 5.69 Å². The van der Waals surface area contributed by atoms with Gasteiger partial charge in [0.25, 0.3) is 5.91 Å². The van der Waals surface area contributed by atoms with Gasteiger partial charge in [-0.3, -0.25) is 4.79 Å². The molecule has 0 saturated heterocycles. The third-order valence-corrected chi connectivity index (χ3v) is 2.84. The van der Waals surface area contributed by atoms with E-state index in [9.17, 15) is 4.79 Å². The van der Waals surface area contributed by atoms with E-state index >= 15 is 0 Å². The van der Waals surface area contributed by atoms with E-state index in [2.05, 4.69) is 4.98 Å². The van der Waals surface area contributed by atoms with E-state index in [1.807, 2.05) is 11.5 Å². The number of amides is 1. The number of rotatable bonds is 1. The normalized spacial score (nSPS) is 14.8. The fourth-order valence-electron chi connectivity index (χ4n) is 1.40. The minimum absolute atomic E-state index is 0.381. The summed E-state index contributed by atoms with van der Waals surface area (Å²) in [5.74, 6) is 0.608. The Bertz CT molecular complexity index is 345. The number of nitrogens with two attached hydrogens (primary N) is 1. The van der Waals surface area contributed by atoms with Gasteiger partial charge in [0.2, 0.25) is 0 Å². The number of nitrogens with zero attached hydrogens (tertiary/aromatic N) is 2. The summed E-state index contributed by atoms with van der Waals surface area (Å²) in [5, 5.41) is 0.918. The van der Waals surface area contributed by atoms with Crippen molar-refractivity contribution >= 4 is 17.7 Å². The Balaban J connectivity index is 2.59. The van der Waals surface area contributed by atoms with Crippen LogP contribution in [0.25, 0.3) is 0 Å². The molecule has 5 heteroatoms. The Labute approximate surface area is 74.1 Å². The first-order valence-corrected chi connectivity index (χ1v) is 4.68. The Hall–Kier alpha value is -0.970. The quantitative estimate of drug-likeness (QED) is 0.685. The van der Waals surface area contributed by atoms with E-state index in [-0.39, 0.29) is 5.91 Å². The molecule has 2 N–H and O–H groups in total. The molecule has 12 heavy (non-hydrogen) atoms. The molecular weight excluding hydrogens is 174 g/mol. The first kappa shape index (κ1) is 7.67. The second-order valence-corrected chi connectivity index (χ2v) is 3.75. The van der Waals surface area contributed by atoms with E-state index in [1.54, 1.807) is 11.8 Å². The molecule has 1 aliphatic rings. The summed E-state index contributed by atoms with van der Waals surface area (Å²) < 4.78 is 1.89. The van der Waals surface area contributed by atoms with Gasteiger partial charge in [-0.05, 0) is 6.92 Å². The van der Waals surface area contributed by atoms with Crippen molar-refractivity contribution in [2.45, 2.75) is 18.6 Å². The predicted molar refractivity (Wildman–Crippen MR) is 46.2 cm³/mol. The molecule has 2 rings (SSSR count). The molecule has 0 radical (unpaired) electrons. The van der Waals surface area contributed by atoms with Gasteiger partial charge < -0.3 is 10.3 Å². The summed E-state index contributed by atoms with van der Waals surface area (Å²) in [7, 11) is 0. The molecule has 2 heterocycles. The lowest BCUT2D eigenvalue weighted by molar-refractivity contribution is 0.0990. The number of fused-ring (bicyclic) bond motifs is 1. The van der Waals surface area contributed by atoms with E-state index in [1.165, 1.54) is 0 Å². The smallest absolute Gasteiger partial charge is 0.267 e. The molecule has 1 aromatic rings. The van der Waals surface area contributed by atoms with Crippen molar-refractivity contribution < 1.29 is 4.79 Å². The summed E-state index contributed by atoms with van der Waals surface area (Å²) >= 11 is 1.66. The zero-order chi connectivity index (χ0) is 8.72. The van der Waals surface area contributed by atoms with Gasteiger partial charge in [-0.1, -0.05) is 11.8 Å². The number of aryl methyl sites for hydroxylation is 1. The highest BCUT2D eigenvalue weighted by Gasteiger charge is 2.22. The standard InChI is InChI=1S/C7H9N3OS/c1-4-5(6(8)11)10-2-3-12-7(10)9-4/h2-3H2,1H3,(H2,8,11). The van der Waals surface area contributed by atoms with Crippen LogP contribution in [0.3, 0.4) is 0 Å². The van der Waals surface area contributed by atoms with Crippen LogP contribution in [0.2, 0.25) is 0 Å². The van der Waals surface area contributed by atoms with E-state index in [0.717, 1.165) is 23.1 Å². The summed E-state index contributed by atoms with van der Waals surface area (Å²) in [6, 6.07) is 0. The van der Waals surface area contributed by atoms with Gasteiger partial charge >= 0.3 is 0 Å². The molecule has 0 aromatic carbocycles. The topological polar surface area (TPSA) is 60.9 Å². The van der Waals surface area contributed by atoms with Crippen molar-refractivity contribution in [3.8, 4) is 0 Å². The maximum atomic E-state index is 11.0. The molecule has 0 saturated carbocycles. The van der Waals surface area contributed by atoms with E-state index in [0.29, 0.717) is 5.69 Å². The zero-order valence-corrected chi connectivity index (χ0v) is 7.52. The van der Waals surface area contributed by atoms with Crippen molar-refractivity contribution in [3.05, 3.63) is 11.4 Å². The minimum atomic E-state index is -0.381.